The zero-order valence-electron chi connectivity index (χ0n) is 14.5. The van der Waals surface area contributed by atoms with E-state index in [2.05, 4.69) is 11.4 Å². The normalized spacial score (nSPS) is 14.0. The number of benzene rings is 1. The topological polar surface area (TPSA) is 49.4 Å². The first-order valence-corrected chi connectivity index (χ1v) is 9.40. The minimum absolute atomic E-state index is 0.00926. The van der Waals surface area contributed by atoms with Crippen molar-refractivity contribution in [2.75, 3.05) is 18.4 Å². The van der Waals surface area contributed by atoms with Crippen molar-refractivity contribution in [3.8, 4) is 0 Å². The van der Waals surface area contributed by atoms with E-state index >= 15 is 0 Å². The van der Waals surface area contributed by atoms with Gasteiger partial charge in [-0.05, 0) is 44.2 Å². The number of halogens is 2. The Morgan fingerprint density at radius 2 is 2.00 bits per heavy atom. The molecule has 0 heterocycles. The van der Waals surface area contributed by atoms with Gasteiger partial charge in [0.25, 0.3) is 0 Å². The van der Waals surface area contributed by atoms with Gasteiger partial charge in [0.05, 0.1) is 15.7 Å². The molecule has 1 N–H and O–H groups in total. The lowest BCUT2D eigenvalue weighted by atomic mass is 9.97. The highest BCUT2D eigenvalue weighted by atomic mass is 35.5. The Balaban J connectivity index is 1.83. The monoisotopic (exact) mass is 382 g/mol. The fraction of sp³-hybridized carbons (Fsp3) is 0.474. The van der Waals surface area contributed by atoms with E-state index in [1.165, 1.54) is 18.4 Å². The van der Waals surface area contributed by atoms with Crippen LogP contribution in [0.3, 0.4) is 0 Å². The molecule has 0 radical (unpaired) electrons. The zero-order valence-corrected chi connectivity index (χ0v) is 16.0. The van der Waals surface area contributed by atoms with Crippen molar-refractivity contribution >= 4 is 40.7 Å². The van der Waals surface area contributed by atoms with Gasteiger partial charge in [-0.3, -0.25) is 9.59 Å². The molecule has 0 aromatic heterocycles. The number of carbonyl (C=O) groups excluding carboxylic acids is 2. The Morgan fingerprint density at radius 1 is 1.20 bits per heavy atom. The van der Waals surface area contributed by atoms with E-state index in [-0.39, 0.29) is 18.2 Å². The highest BCUT2D eigenvalue weighted by molar-refractivity contribution is 6.43. The molecule has 0 spiro atoms. The summed E-state index contributed by atoms with van der Waals surface area (Å²) in [5, 5.41) is 3.46. The molecule has 25 heavy (non-hydrogen) atoms. The molecule has 0 atom stereocenters. The van der Waals surface area contributed by atoms with Crippen molar-refractivity contribution in [2.24, 2.45) is 0 Å². The van der Waals surface area contributed by atoms with E-state index in [0.29, 0.717) is 28.8 Å². The highest BCUT2D eigenvalue weighted by Crippen LogP contribution is 2.29. The molecule has 6 heteroatoms. The van der Waals surface area contributed by atoms with Crippen molar-refractivity contribution < 1.29 is 9.59 Å². The number of rotatable bonds is 7. The average Bonchev–Trinajstić information content (AvgIpc) is 2.59. The Hall–Kier alpha value is -1.52. The van der Waals surface area contributed by atoms with Gasteiger partial charge >= 0.3 is 0 Å². The average molecular weight is 383 g/mol. The van der Waals surface area contributed by atoms with Gasteiger partial charge in [0.2, 0.25) is 11.8 Å². The van der Waals surface area contributed by atoms with E-state index in [4.69, 9.17) is 23.2 Å². The van der Waals surface area contributed by atoms with Crippen LogP contribution >= 0.6 is 23.2 Å². The maximum Gasteiger partial charge on any atom is 0.226 e. The standard InChI is InChI=1S/C19H24Cl2N2O2/c1-14(24)23(12-10-15-6-3-2-4-7-15)13-11-18(25)22-17-9-5-8-16(20)19(17)21/h5-6,8-9H,2-4,7,10-13H2,1H3,(H,22,25). The van der Waals surface area contributed by atoms with E-state index in [9.17, 15) is 9.59 Å². The quantitative estimate of drug-likeness (QED) is 0.669. The third-order valence-corrected chi connectivity index (χ3v) is 5.19. The van der Waals surface area contributed by atoms with Crippen molar-refractivity contribution in [2.45, 2.75) is 45.4 Å². The van der Waals surface area contributed by atoms with E-state index in [0.717, 1.165) is 19.3 Å². The van der Waals surface area contributed by atoms with E-state index in [1.807, 2.05) is 0 Å². The number of carbonyl (C=O) groups is 2. The summed E-state index contributed by atoms with van der Waals surface area (Å²) in [5.41, 5.74) is 1.91. The summed E-state index contributed by atoms with van der Waals surface area (Å²) in [6.07, 6.45) is 8.15. The Labute approximate surface area is 159 Å². The first kappa shape index (κ1) is 19.8. The van der Waals surface area contributed by atoms with Crippen LogP contribution in [-0.4, -0.2) is 29.8 Å². The number of amides is 2. The summed E-state index contributed by atoms with van der Waals surface area (Å²) in [6.45, 7) is 2.60. The minimum atomic E-state index is -0.188. The smallest absolute Gasteiger partial charge is 0.226 e. The molecule has 1 aliphatic rings. The lowest BCUT2D eigenvalue weighted by molar-refractivity contribution is -0.129. The molecular formula is C19H24Cl2N2O2. The van der Waals surface area contributed by atoms with Gasteiger partial charge in [-0.25, -0.2) is 0 Å². The Bertz CT molecular complexity index is 659. The molecule has 136 valence electrons. The van der Waals surface area contributed by atoms with Crippen LogP contribution in [0.5, 0.6) is 0 Å². The second-order valence-electron chi connectivity index (χ2n) is 6.26. The third-order valence-electron chi connectivity index (χ3n) is 4.37. The second-order valence-corrected chi connectivity index (χ2v) is 7.05. The number of nitrogens with one attached hydrogen (secondary N) is 1. The van der Waals surface area contributed by atoms with E-state index < -0.39 is 0 Å². The van der Waals surface area contributed by atoms with Gasteiger partial charge in [0, 0.05) is 26.4 Å². The van der Waals surface area contributed by atoms with Crippen LogP contribution in [0, 0.1) is 0 Å². The van der Waals surface area contributed by atoms with Gasteiger partial charge in [-0.2, -0.15) is 0 Å². The summed E-state index contributed by atoms with van der Waals surface area (Å²) in [7, 11) is 0. The summed E-state index contributed by atoms with van der Waals surface area (Å²) < 4.78 is 0. The number of nitrogens with zero attached hydrogens (tertiary/aromatic N) is 1. The molecule has 2 rings (SSSR count). The predicted molar refractivity (Wildman–Crippen MR) is 103 cm³/mol. The molecule has 1 aliphatic carbocycles. The number of hydrogen-bond acceptors (Lipinski definition) is 2. The van der Waals surface area contributed by atoms with Crippen LogP contribution in [0.2, 0.25) is 10.0 Å². The molecule has 1 aromatic carbocycles. The molecule has 1 aromatic rings. The fourth-order valence-corrected chi connectivity index (χ4v) is 3.23. The Kier molecular flexibility index (Phi) is 7.79. The molecule has 4 nitrogen and oxygen atoms in total. The fourth-order valence-electron chi connectivity index (χ4n) is 2.89. The van der Waals surface area contributed by atoms with Crippen LogP contribution in [0.1, 0.15) is 45.4 Å². The van der Waals surface area contributed by atoms with Crippen molar-refractivity contribution in [1.29, 1.82) is 0 Å². The zero-order chi connectivity index (χ0) is 18.2. The highest BCUT2D eigenvalue weighted by Gasteiger charge is 2.14. The summed E-state index contributed by atoms with van der Waals surface area (Å²) >= 11 is 12.0. The molecule has 0 fully saturated rings. The van der Waals surface area contributed by atoms with Crippen LogP contribution in [0.25, 0.3) is 0 Å². The van der Waals surface area contributed by atoms with Gasteiger partial charge in [0.15, 0.2) is 0 Å². The van der Waals surface area contributed by atoms with Gasteiger partial charge in [-0.1, -0.05) is 40.9 Å². The second kappa shape index (κ2) is 9.83. The predicted octanol–water partition coefficient (Wildman–Crippen LogP) is 5.06. The molecule has 2 amide bonds. The van der Waals surface area contributed by atoms with Crippen molar-refractivity contribution in [3.63, 3.8) is 0 Å². The summed E-state index contributed by atoms with van der Waals surface area (Å²) in [6, 6.07) is 5.09. The van der Waals surface area contributed by atoms with E-state index in [1.54, 1.807) is 30.0 Å². The van der Waals surface area contributed by atoms with Gasteiger partial charge < -0.3 is 10.2 Å². The summed E-state index contributed by atoms with van der Waals surface area (Å²) in [4.78, 5) is 25.7. The SMILES string of the molecule is CC(=O)N(CCC(=O)Nc1cccc(Cl)c1Cl)CCC1=CCCCC1. The maximum absolute atomic E-state index is 12.1. The molecule has 0 aliphatic heterocycles. The minimum Gasteiger partial charge on any atom is -0.342 e. The lowest BCUT2D eigenvalue weighted by Crippen LogP contribution is -2.33. The molecule has 0 saturated heterocycles. The number of anilines is 1. The molecule has 0 bridgehead atoms. The molecule has 0 unspecified atom stereocenters. The summed E-state index contributed by atoms with van der Waals surface area (Å²) in [5.74, 6) is -0.197. The van der Waals surface area contributed by atoms with Crippen molar-refractivity contribution in [1.82, 2.24) is 4.90 Å². The first-order chi connectivity index (χ1) is 12.0. The lowest BCUT2D eigenvalue weighted by Gasteiger charge is -2.22. The van der Waals surface area contributed by atoms with Crippen LogP contribution in [0.4, 0.5) is 5.69 Å². The van der Waals surface area contributed by atoms with Gasteiger partial charge in [0.1, 0.15) is 0 Å². The Morgan fingerprint density at radius 3 is 2.68 bits per heavy atom. The van der Waals surface area contributed by atoms with Crippen LogP contribution in [0.15, 0.2) is 29.8 Å². The maximum atomic E-state index is 12.1. The van der Waals surface area contributed by atoms with Gasteiger partial charge in [-0.15, -0.1) is 0 Å². The molecule has 0 saturated carbocycles. The number of allylic oxidation sites excluding steroid dienone is 1. The largest absolute Gasteiger partial charge is 0.342 e. The van der Waals surface area contributed by atoms with Crippen LogP contribution in [-0.2, 0) is 9.59 Å². The first-order valence-electron chi connectivity index (χ1n) is 8.64. The third kappa shape index (κ3) is 6.37. The van der Waals surface area contributed by atoms with Crippen LogP contribution < -0.4 is 5.32 Å². The van der Waals surface area contributed by atoms with Crippen molar-refractivity contribution in [3.05, 3.63) is 39.9 Å². The molecular weight excluding hydrogens is 359 g/mol. The number of hydrogen-bond donors (Lipinski definition) is 1.